The highest BCUT2D eigenvalue weighted by Gasteiger charge is 2.29. The molecule has 1 saturated heterocycles. The molecule has 19 heavy (non-hydrogen) atoms. The smallest absolute Gasteiger partial charge is 0.329 e. The second-order valence-electron chi connectivity index (χ2n) is 4.56. The molecule has 0 aromatic rings. The lowest BCUT2D eigenvalue weighted by atomic mass is 10.1. The number of urea groups is 1. The molecule has 1 aliphatic heterocycles. The van der Waals surface area contributed by atoms with Crippen molar-refractivity contribution in [1.82, 2.24) is 15.5 Å². The van der Waals surface area contributed by atoms with Gasteiger partial charge in [0.1, 0.15) is 6.54 Å². The number of carbonyl (C=O) groups excluding carboxylic acids is 2. The van der Waals surface area contributed by atoms with Crippen LogP contribution in [-0.2, 0) is 4.79 Å². The predicted molar refractivity (Wildman–Crippen MR) is 62.5 cm³/mol. The van der Waals surface area contributed by atoms with E-state index in [2.05, 4.69) is 0 Å². The average Bonchev–Trinajstić information content (AvgIpc) is 2.35. The Bertz CT molecular complexity index is 328. The second kappa shape index (κ2) is 6.74. The zero-order chi connectivity index (χ0) is 14.5. The normalized spacial score (nSPS) is 18.7. The molecule has 0 saturated carbocycles. The van der Waals surface area contributed by atoms with Gasteiger partial charge in [-0.2, -0.15) is 13.2 Å². The summed E-state index contributed by atoms with van der Waals surface area (Å²) in [6, 6.07) is -1.64. The van der Waals surface area contributed by atoms with Gasteiger partial charge < -0.3 is 5.32 Å². The van der Waals surface area contributed by atoms with E-state index >= 15 is 0 Å². The Morgan fingerprint density at radius 3 is 2.32 bits per heavy atom. The highest BCUT2D eigenvalue weighted by Crippen LogP contribution is 2.13. The predicted octanol–water partition coefficient (Wildman–Crippen LogP) is 1.25. The van der Waals surface area contributed by atoms with Crippen LogP contribution in [-0.4, -0.2) is 48.7 Å². The maximum atomic E-state index is 11.9. The van der Waals surface area contributed by atoms with Crippen LogP contribution in [0, 0.1) is 0 Å². The number of nitrogens with one attached hydrogen (secondary N) is 2. The number of likely N-dealkylation sites (tertiary alicyclic amines) is 1. The molecule has 3 amide bonds. The minimum absolute atomic E-state index is 0.517. The first-order chi connectivity index (χ1) is 8.79. The summed E-state index contributed by atoms with van der Waals surface area (Å²) < 4.78 is 35.6. The molecule has 1 heterocycles. The zero-order valence-electron chi connectivity index (χ0n) is 10.7. The lowest BCUT2D eigenvalue weighted by Crippen LogP contribution is -2.51. The van der Waals surface area contributed by atoms with Crippen molar-refractivity contribution in [3.8, 4) is 0 Å². The summed E-state index contributed by atoms with van der Waals surface area (Å²) in [4.78, 5) is 24.7. The first-order valence-electron chi connectivity index (χ1n) is 6.19. The molecule has 110 valence electrons. The fraction of sp³-hybridized carbons (Fsp3) is 0.818. The van der Waals surface area contributed by atoms with Crippen LogP contribution in [0.2, 0.25) is 0 Å². The molecule has 0 radical (unpaired) electrons. The Morgan fingerprint density at radius 1 is 1.21 bits per heavy atom. The number of hydrogen-bond donors (Lipinski definition) is 2. The molecule has 1 atom stereocenters. The van der Waals surface area contributed by atoms with Crippen molar-refractivity contribution < 1.29 is 22.8 Å². The Morgan fingerprint density at radius 2 is 1.79 bits per heavy atom. The molecule has 8 heteroatoms. The van der Waals surface area contributed by atoms with E-state index in [1.54, 1.807) is 12.2 Å². The molecule has 1 unspecified atom stereocenters. The molecular weight excluding hydrogens is 263 g/mol. The van der Waals surface area contributed by atoms with E-state index in [0.29, 0.717) is 0 Å². The summed E-state index contributed by atoms with van der Waals surface area (Å²) in [5.74, 6) is -0.582. The van der Waals surface area contributed by atoms with Crippen molar-refractivity contribution >= 4 is 11.9 Å². The number of amides is 3. The number of hydrogen-bond acceptors (Lipinski definition) is 3. The van der Waals surface area contributed by atoms with Gasteiger partial charge in [0, 0.05) is 0 Å². The number of nitrogens with zero attached hydrogens (tertiary/aromatic N) is 1. The minimum Gasteiger partial charge on any atom is -0.329 e. The summed E-state index contributed by atoms with van der Waals surface area (Å²) in [5.41, 5.74) is 0. The third-order valence-corrected chi connectivity index (χ3v) is 3.00. The van der Waals surface area contributed by atoms with Gasteiger partial charge in [-0.05, 0) is 32.9 Å². The third-order valence-electron chi connectivity index (χ3n) is 3.00. The molecule has 0 spiro atoms. The van der Waals surface area contributed by atoms with E-state index in [1.807, 2.05) is 10.2 Å². The van der Waals surface area contributed by atoms with Crippen molar-refractivity contribution in [3.05, 3.63) is 0 Å². The monoisotopic (exact) mass is 281 g/mol. The van der Waals surface area contributed by atoms with Gasteiger partial charge in [-0.15, -0.1) is 0 Å². The van der Waals surface area contributed by atoms with E-state index in [1.165, 1.54) is 0 Å². The molecule has 5 nitrogen and oxygen atoms in total. The van der Waals surface area contributed by atoms with Gasteiger partial charge in [-0.25, -0.2) is 4.79 Å². The van der Waals surface area contributed by atoms with Gasteiger partial charge >= 0.3 is 12.2 Å². The maximum absolute atomic E-state index is 11.9. The highest BCUT2D eigenvalue weighted by atomic mass is 19.4. The maximum Gasteiger partial charge on any atom is 0.405 e. The SMILES string of the molecule is CC(C(=O)NC(=O)NCC(F)(F)F)N1CCCCC1. The third kappa shape index (κ3) is 5.91. The van der Waals surface area contributed by atoms with E-state index in [0.717, 1.165) is 32.4 Å². The first kappa shape index (κ1) is 15.7. The van der Waals surface area contributed by atoms with Crippen LogP contribution < -0.4 is 10.6 Å². The Kier molecular flexibility index (Phi) is 5.59. The number of imide groups is 1. The zero-order valence-corrected chi connectivity index (χ0v) is 10.7. The van der Waals surface area contributed by atoms with E-state index in [4.69, 9.17) is 0 Å². The first-order valence-corrected chi connectivity index (χ1v) is 6.19. The fourth-order valence-electron chi connectivity index (χ4n) is 1.91. The van der Waals surface area contributed by atoms with Crippen molar-refractivity contribution in [1.29, 1.82) is 0 Å². The van der Waals surface area contributed by atoms with Gasteiger partial charge in [0.25, 0.3) is 0 Å². The minimum atomic E-state index is -4.49. The van der Waals surface area contributed by atoms with Crippen LogP contribution in [0.25, 0.3) is 0 Å². The molecule has 0 aromatic heterocycles. The van der Waals surface area contributed by atoms with Crippen LogP contribution in [0.3, 0.4) is 0 Å². The highest BCUT2D eigenvalue weighted by molar-refractivity contribution is 5.96. The van der Waals surface area contributed by atoms with Crippen LogP contribution in [0.4, 0.5) is 18.0 Å². The number of halogens is 3. The quantitative estimate of drug-likeness (QED) is 0.818. The molecule has 1 aliphatic rings. The van der Waals surface area contributed by atoms with Gasteiger partial charge in [0.2, 0.25) is 5.91 Å². The van der Waals surface area contributed by atoms with E-state index in [-0.39, 0.29) is 0 Å². The van der Waals surface area contributed by atoms with Crippen LogP contribution in [0.5, 0.6) is 0 Å². The second-order valence-corrected chi connectivity index (χ2v) is 4.56. The number of carbonyl (C=O) groups is 2. The summed E-state index contributed by atoms with van der Waals surface area (Å²) in [6.07, 6.45) is -1.41. The van der Waals surface area contributed by atoms with Gasteiger partial charge in [-0.3, -0.25) is 15.0 Å². The summed E-state index contributed by atoms with van der Waals surface area (Å²) in [5, 5.41) is 3.52. The van der Waals surface area contributed by atoms with E-state index in [9.17, 15) is 22.8 Å². The molecule has 0 aromatic carbocycles. The Hall–Kier alpha value is -1.31. The van der Waals surface area contributed by atoms with Crippen LogP contribution >= 0.6 is 0 Å². The van der Waals surface area contributed by atoms with Crippen molar-refractivity contribution in [2.24, 2.45) is 0 Å². The molecule has 0 aliphatic carbocycles. The van der Waals surface area contributed by atoms with Gasteiger partial charge in [0.05, 0.1) is 6.04 Å². The summed E-state index contributed by atoms with van der Waals surface area (Å²) in [6.45, 7) is 1.71. The van der Waals surface area contributed by atoms with Crippen molar-refractivity contribution in [3.63, 3.8) is 0 Å². The summed E-state index contributed by atoms with van der Waals surface area (Å²) >= 11 is 0. The van der Waals surface area contributed by atoms with Crippen LogP contribution in [0.15, 0.2) is 0 Å². The lowest BCUT2D eigenvalue weighted by molar-refractivity contribution is -0.127. The number of alkyl halides is 3. The Balaban J connectivity index is 2.34. The summed E-state index contributed by atoms with van der Waals surface area (Å²) in [7, 11) is 0. The van der Waals surface area contributed by atoms with Gasteiger partial charge in [-0.1, -0.05) is 6.42 Å². The van der Waals surface area contributed by atoms with E-state index < -0.39 is 30.7 Å². The molecular formula is C11H18F3N3O2. The lowest BCUT2D eigenvalue weighted by Gasteiger charge is -2.31. The van der Waals surface area contributed by atoms with Crippen molar-refractivity contribution in [2.45, 2.75) is 38.4 Å². The topological polar surface area (TPSA) is 61.4 Å². The van der Waals surface area contributed by atoms with Gasteiger partial charge in [0.15, 0.2) is 0 Å². The molecule has 1 rings (SSSR count). The molecule has 1 fully saturated rings. The Labute approximate surface area is 109 Å². The largest absolute Gasteiger partial charge is 0.405 e. The number of rotatable bonds is 3. The molecule has 2 N–H and O–H groups in total. The van der Waals surface area contributed by atoms with Crippen molar-refractivity contribution in [2.75, 3.05) is 19.6 Å². The van der Waals surface area contributed by atoms with Crippen LogP contribution in [0.1, 0.15) is 26.2 Å². The fourth-order valence-corrected chi connectivity index (χ4v) is 1.91. The standard InChI is InChI=1S/C11H18F3N3O2/c1-8(17-5-3-2-4-6-17)9(18)16-10(19)15-7-11(12,13)14/h8H,2-7H2,1H3,(H2,15,16,18,19). The number of piperidine rings is 1. The molecule has 0 bridgehead atoms. The average molecular weight is 281 g/mol.